The summed E-state index contributed by atoms with van der Waals surface area (Å²) >= 11 is 0. The first kappa shape index (κ1) is 22.4. The molecule has 11 heteroatoms. The minimum atomic E-state index is -1.17. The number of anilines is 1. The van der Waals surface area contributed by atoms with Crippen LogP contribution >= 0.6 is 0 Å². The van der Waals surface area contributed by atoms with Crippen LogP contribution in [0.25, 0.3) is 11.4 Å². The summed E-state index contributed by atoms with van der Waals surface area (Å²) in [6.07, 6.45) is -1.68. The fraction of sp³-hybridized carbons (Fsp3) is 0.400. The number of rotatable bonds is 7. The molecule has 0 radical (unpaired) electrons. The van der Waals surface area contributed by atoms with Crippen LogP contribution in [0.5, 0.6) is 5.88 Å². The van der Waals surface area contributed by atoms with Crippen molar-refractivity contribution in [2.24, 2.45) is 0 Å². The number of nitriles is 1. The molecule has 1 amide bonds. The third-order valence-corrected chi connectivity index (χ3v) is 4.23. The molecule has 1 aliphatic rings. The average Bonchev–Trinajstić information content (AvgIpc) is 3.11. The highest BCUT2D eigenvalue weighted by Gasteiger charge is 2.31. The Morgan fingerprint density at radius 2 is 2.19 bits per heavy atom. The van der Waals surface area contributed by atoms with E-state index in [1.54, 1.807) is 24.3 Å². The Bertz CT molecular complexity index is 1000. The van der Waals surface area contributed by atoms with E-state index < -0.39 is 23.7 Å². The SMILES string of the molecule is CC(C)(O)CONC(=O)c1c(N)nc(-c2cccc(C#N)c2)nc1O[C@H]1COC[C@@H]1O. The van der Waals surface area contributed by atoms with E-state index in [-0.39, 0.29) is 42.9 Å². The Morgan fingerprint density at radius 3 is 2.84 bits per heavy atom. The quantitative estimate of drug-likeness (QED) is 0.444. The van der Waals surface area contributed by atoms with Crippen LogP contribution in [0, 0.1) is 11.3 Å². The Balaban J connectivity index is 1.96. The fourth-order valence-corrected chi connectivity index (χ4v) is 2.72. The van der Waals surface area contributed by atoms with E-state index in [9.17, 15) is 15.0 Å². The molecule has 1 aromatic heterocycles. The minimum absolute atomic E-state index is 0.0819. The molecule has 0 saturated carbocycles. The Kier molecular flexibility index (Phi) is 6.67. The second-order valence-electron chi connectivity index (χ2n) is 7.60. The van der Waals surface area contributed by atoms with Gasteiger partial charge in [0.05, 0.1) is 30.4 Å². The van der Waals surface area contributed by atoms with Gasteiger partial charge in [-0.05, 0) is 26.0 Å². The minimum Gasteiger partial charge on any atom is -0.468 e. The van der Waals surface area contributed by atoms with Crippen molar-refractivity contribution < 1.29 is 29.3 Å². The molecule has 3 rings (SSSR count). The fourth-order valence-electron chi connectivity index (χ4n) is 2.72. The number of hydroxylamine groups is 1. The van der Waals surface area contributed by atoms with Crippen molar-refractivity contribution in [3.05, 3.63) is 35.4 Å². The number of benzene rings is 1. The first-order valence-corrected chi connectivity index (χ1v) is 9.43. The van der Waals surface area contributed by atoms with Gasteiger partial charge in [-0.25, -0.2) is 10.5 Å². The van der Waals surface area contributed by atoms with Crippen molar-refractivity contribution in [1.29, 1.82) is 5.26 Å². The van der Waals surface area contributed by atoms with Crippen LogP contribution in [-0.2, 0) is 9.57 Å². The normalized spacial score (nSPS) is 18.4. The van der Waals surface area contributed by atoms with Crippen molar-refractivity contribution in [2.45, 2.75) is 31.7 Å². The van der Waals surface area contributed by atoms with Crippen molar-refractivity contribution >= 4 is 11.7 Å². The van der Waals surface area contributed by atoms with Crippen LogP contribution in [0.3, 0.4) is 0 Å². The van der Waals surface area contributed by atoms with Crippen molar-refractivity contribution in [3.63, 3.8) is 0 Å². The van der Waals surface area contributed by atoms with Crippen molar-refractivity contribution in [3.8, 4) is 23.3 Å². The van der Waals surface area contributed by atoms with Gasteiger partial charge in [0.2, 0.25) is 5.88 Å². The van der Waals surface area contributed by atoms with E-state index in [1.807, 2.05) is 6.07 Å². The van der Waals surface area contributed by atoms with Crippen LogP contribution in [0.15, 0.2) is 24.3 Å². The number of aliphatic hydroxyl groups is 2. The Morgan fingerprint density at radius 1 is 1.42 bits per heavy atom. The summed E-state index contributed by atoms with van der Waals surface area (Å²) in [6.45, 7) is 3.02. The van der Waals surface area contributed by atoms with Gasteiger partial charge in [0.25, 0.3) is 5.91 Å². The van der Waals surface area contributed by atoms with Gasteiger partial charge in [-0.3, -0.25) is 9.63 Å². The maximum absolute atomic E-state index is 12.7. The largest absolute Gasteiger partial charge is 0.468 e. The number of nitrogen functional groups attached to an aromatic ring is 1. The topological polar surface area (TPSA) is 173 Å². The standard InChI is InChI=1S/C20H23N5O6/c1-20(2,28)10-30-25-18(27)15-16(22)23-17(12-5-3-4-11(6-12)7-21)24-19(15)31-14-9-29-8-13(14)26/h3-6,13-14,26,28H,8-10H2,1-2H3,(H,25,27)(H2,22,23,24)/t13-,14-/m0/s1. The molecule has 5 N–H and O–H groups in total. The summed E-state index contributed by atoms with van der Waals surface area (Å²) in [6, 6.07) is 8.56. The van der Waals surface area contributed by atoms with E-state index in [0.717, 1.165) is 0 Å². The highest BCUT2D eigenvalue weighted by molar-refractivity contribution is 6.00. The molecule has 0 unspecified atom stereocenters. The van der Waals surface area contributed by atoms with Gasteiger partial charge in [0, 0.05) is 5.56 Å². The van der Waals surface area contributed by atoms with Gasteiger partial charge in [0.15, 0.2) is 11.9 Å². The smallest absolute Gasteiger partial charge is 0.284 e. The molecular formula is C20H23N5O6. The van der Waals surface area contributed by atoms with Gasteiger partial charge in [0.1, 0.15) is 24.1 Å². The van der Waals surface area contributed by atoms with Crippen LogP contribution in [0.1, 0.15) is 29.8 Å². The molecule has 1 saturated heterocycles. The van der Waals surface area contributed by atoms with Gasteiger partial charge in [-0.2, -0.15) is 10.2 Å². The third kappa shape index (κ3) is 5.65. The molecule has 2 aromatic rings. The van der Waals surface area contributed by atoms with Gasteiger partial charge in [-0.15, -0.1) is 0 Å². The summed E-state index contributed by atoms with van der Waals surface area (Å²) in [5, 5.41) is 28.9. The van der Waals surface area contributed by atoms with Gasteiger partial charge in [-0.1, -0.05) is 12.1 Å². The summed E-state index contributed by atoms with van der Waals surface area (Å²) in [5.41, 5.74) is 7.73. The zero-order valence-corrected chi connectivity index (χ0v) is 17.0. The summed E-state index contributed by atoms with van der Waals surface area (Å²) in [5.74, 6) is -1.03. The maximum Gasteiger partial charge on any atom is 0.284 e. The number of hydrogen-bond donors (Lipinski definition) is 4. The lowest BCUT2D eigenvalue weighted by Gasteiger charge is -2.19. The number of nitrogens with zero attached hydrogens (tertiary/aromatic N) is 3. The van der Waals surface area contributed by atoms with Crippen LogP contribution in [-0.4, -0.2) is 63.7 Å². The summed E-state index contributed by atoms with van der Waals surface area (Å²) in [4.78, 5) is 26.2. The molecule has 2 atom stereocenters. The number of aliphatic hydroxyl groups excluding tert-OH is 1. The zero-order chi connectivity index (χ0) is 22.6. The van der Waals surface area contributed by atoms with E-state index in [0.29, 0.717) is 11.1 Å². The molecular weight excluding hydrogens is 406 g/mol. The number of nitrogens with one attached hydrogen (secondary N) is 1. The number of nitrogens with two attached hydrogens (primary N) is 1. The number of aromatic nitrogens is 2. The van der Waals surface area contributed by atoms with Crippen molar-refractivity contribution in [1.82, 2.24) is 15.4 Å². The highest BCUT2D eigenvalue weighted by atomic mass is 16.7. The second kappa shape index (κ2) is 9.23. The molecule has 0 bridgehead atoms. The molecule has 0 spiro atoms. The van der Waals surface area contributed by atoms with Gasteiger partial charge < -0.3 is 25.4 Å². The van der Waals surface area contributed by atoms with Gasteiger partial charge >= 0.3 is 0 Å². The molecule has 0 aliphatic carbocycles. The molecule has 1 aliphatic heterocycles. The second-order valence-corrected chi connectivity index (χ2v) is 7.60. The molecule has 1 fully saturated rings. The summed E-state index contributed by atoms with van der Waals surface area (Å²) in [7, 11) is 0. The van der Waals surface area contributed by atoms with E-state index >= 15 is 0 Å². The number of hydrogen-bond acceptors (Lipinski definition) is 10. The molecule has 164 valence electrons. The lowest BCUT2D eigenvalue weighted by atomic mass is 10.1. The maximum atomic E-state index is 12.7. The molecule has 1 aromatic carbocycles. The third-order valence-electron chi connectivity index (χ3n) is 4.23. The number of ether oxygens (including phenoxy) is 2. The Labute approximate surface area is 178 Å². The average molecular weight is 429 g/mol. The van der Waals surface area contributed by atoms with E-state index in [1.165, 1.54) is 13.8 Å². The van der Waals surface area contributed by atoms with Crippen molar-refractivity contribution in [2.75, 3.05) is 25.6 Å². The lowest BCUT2D eigenvalue weighted by molar-refractivity contribution is -0.0523. The number of amides is 1. The lowest BCUT2D eigenvalue weighted by Crippen LogP contribution is -2.35. The predicted octanol–water partition coefficient (Wildman–Crippen LogP) is 0.168. The zero-order valence-electron chi connectivity index (χ0n) is 17.0. The number of carbonyl (C=O) groups is 1. The van der Waals surface area contributed by atoms with E-state index in [2.05, 4.69) is 15.4 Å². The predicted molar refractivity (Wildman–Crippen MR) is 108 cm³/mol. The first-order valence-electron chi connectivity index (χ1n) is 9.43. The molecule has 11 nitrogen and oxygen atoms in total. The number of carbonyl (C=O) groups excluding carboxylic acids is 1. The molecule has 2 heterocycles. The Hall–Kier alpha value is -3.30. The highest BCUT2D eigenvalue weighted by Crippen LogP contribution is 2.28. The van der Waals surface area contributed by atoms with Crippen LogP contribution in [0.4, 0.5) is 5.82 Å². The summed E-state index contributed by atoms with van der Waals surface area (Å²) < 4.78 is 10.9. The van der Waals surface area contributed by atoms with Crippen LogP contribution < -0.4 is 16.0 Å². The molecule has 31 heavy (non-hydrogen) atoms. The first-order chi connectivity index (χ1) is 14.7. The monoisotopic (exact) mass is 429 g/mol. The van der Waals surface area contributed by atoms with E-state index in [4.69, 9.17) is 25.3 Å². The van der Waals surface area contributed by atoms with Crippen LogP contribution in [0.2, 0.25) is 0 Å².